The summed E-state index contributed by atoms with van der Waals surface area (Å²) in [6.07, 6.45) is -1.72. The molecule has 2 aromatic heterocycles. The van der Waals surface area contributed by atoms with Gasteiger partial charge in [-0.05, 0) is 67.5 Å². The molecule has 0 bridgehead atoms. The third kappa shape index (κ3) is 6.88. The highest BCUT2D eigenvalue weighted by atomic mass is 35.5. The minimum absolute atomic E-state index is 0. The molecule has 2 heterocycles. The molecule has 3 aromatic rings. The van der Waals surface area contributed by atoms with Crippen LogP contribution in [0, 0.1) is 18.8 Å². The first kappa shape index (κ1) is 30.4. The number of nitrogens with zero attached hydrogens (tertiary/aromatic N) is 3. The van der Waals surface area contributed by atoms with E-state index in [9.17, 15) is 22.8 Å². The van der Waals surface area contributed by atoms with Gasteiger partial charge in [-0.2, -0.15) is 13.2 Å². The zero-order chi connectivity index (χ0) is 27.7. The van der Waals surface area contributed by atoms with Crippen LogP contribution < -0.4 is 16.2 Å². The molecule has 12 heteroatoms. The lowest BCUT2D eigenvalue weighted by molar-refractivity contribution is -0.141. The number of benzene rings is 1. The van der Waals surface area contributed by atoms with Crippen LogP contribution in [0.1, 0.15) is 66.5 Å². The first-order valence-electron chi connectivity index (χ1n) is 12.7. The number of carbonyl (C=O) groups is 1. The average molecular weight is 567 g/mol. The van der Waals surface area contributed by atoms with Crippen molar-refractivity contribution in [3.05, 3.63) is 75.0 Å². The first-order valence-corrected chi connectivity index (χ1v) is 12.7. The molecular weight excluding hydrogens is 533 g/mol. The van der Waals surface area contributed by atoms with E-state index in [4.69, 9.17) is 0 Å². The van der Waals surface area contributed by atoms with Gasteiger partial charge in [-0.25, -0.2) is 0 Å². The number of carbonyl (C=O) groups excluding carboxylic acids is 1. The number of pyridine rings is 1. The topological polar surface area (TPSA) is 105 Å². The number of hydrogen-bond acceptors (Lipinski definition) is 5. The summed E-state index contributed by atoms with van der Waals surface area (Å²) in [6.45, 7) is 7.47. The Bertz CT molecular complexity index is 1360. The Hall–Kier alpha value is -3.18. The molecule has 3 N–H and O–H groups in total. The molecule has 0 saturated heterocycles. The molecule has 1 aliphatic carbocycles. The van der Waals surface area contributed by atoms with Crippen LogP contribution in [0.15, 0.2) is 41.3 Å². The number of halogens is 4. The van der Waals surface area contributed by atoms with Gasteiger partial charge < -0.3 is 15.2 Å². The van der Waals surface area contributed by atoms with Crippen LogP contribution in [0.4, 0.5) is 18.9 Å². The van der Waals surface area contributed by atoms with E-state index in [1.54, 1.807) is 12.1 Å². The van der Waals surface area contributed by atoms with Crippen LogP contribution >= 0.6 is 12.4 Å². The predicted octanol–water partition coefficient (Wildman–Crippen LogP) is 4.97. The van der Waals surface area contributed by atoms with Crippen molar-refractivity contribution in [3.8, 4) is 0 Å². The molecule has 0 spiro atoms. The molecule has 0 unspecified atom stereocenters. The number of amides is 1. The summed E-state index contributed by atoms with van der Waals surface area (Å²) in [5.74, 6) is 0.0556. The number of aryl methyl sites for hydroxylation is 1. The number of H-pyrrole nitrogens is 1. The Morgan fingerprint density at radius 2 is 1.97 bits per heavy atom. The van der Waals surface area contributed by atoms with Crippen LogP contribution in [0.2, 0.25) is 0 Å². The molecule has 0 aliphatic heterocycles. The van der Waals surface area contributed by atoms with Crippen molar-refractivity contribution in [2.75, 3.05) is 11.9 Å². The number of rotatable bonds is 9. The van der Waals surface area contributed by atoms with Crippen LogP contribution in [-0.4, -0.2) is 38.6 Å². The summed E-state index contributed by atoms with van der Waals surface area (Å²) in [6, 6.07) is 8.65. The molecular formula is C27H34ClF3N6O2. The molecule has 1 saturated carbocycles. The van der Waals surface area contributed by atoms with E-state index in [2.05, 4.69) is 33.0 Å². The van der Waals surface area contributed by atoms with Gasteiger partial charge in [0.15, 0.2) is 0 Å². The normalized spacial score (nSPS) is 18.9. The predicted molar refractivity (Wildman–Crippen MR) is 145 cm³/mol. The molecule has 0 atom stereocenters. The Labute approximate surface area is 231 Å². The number of anilines is 1. The summed E-state index contributed by atoms with van der Waals surface area (Å²) >= 11 is 0. The van der Waals surface area contributed by atoms with Crippen molar-refractivity contribution in [2.45, 2.75) is 65.2 Å². The van der Waals surface area contributed by atoms with Crippen molar-refractivity contribution >= 4 is 24.0 Å². The van der Waals surface area contributed by atoms with E-state index >= 15 is 0 Å². The molecule has 0 radical (unpaired) electrons. The SMILES string of the molecule is Cc1[nH]nnc1C1(c2cccc(NC(=O)c3cc(CNCC(C)C)cn(CC(F)(F)F)c3=O)c2)CC(C)C1.Cl. The quantitative estimate of drug-likeness (QED) is 0.339. The molecule has 212 valence electrons. The number of aromatic nitrogens is 4. The largest absolute Gasteiger partial charge is 0.406 e. The van der Waals surface area contributed by atoms with E-state index < -0.39 is 24.2 Å². The van der Waals surface area contributed by atoms with Gasteiger partial charge in [-0.15, -0.1) is 17.5 Å². The van der Waals surface area contributed by atoms with Gasteiger partial charge in [0.2, 0.25) is 0 Å². The minimum Gasteiger partial charge on any atom is -0.322 e. The molecule has 1 aromatic carbocycles. The second-order valence-corrected chi connectivity index (χ2v) is 10.8. The van der Waals surface area contributed by atoms with E-state index in [1.807, 2.05) is 32.9 Å². The Kier molecular flexibility index (Phi) is 9.27. The summed E-state index contributed by atoms with van der Waals surface area (Å²) in [4.78, 5) is 26.1. The van der Waals surface area contributed by atoms with Crippen molar-refractivity contribution in [3.63, 3.8) is 0 Å². The lowest BCUT2D eigenvalue weighted by atomic mass is 9.57. The summed E-state index contributed by atoms with van der Waals surface area (Å²) in [5, 5.41) is 17.0. The lowest BCUT2D eigenvalue weighted by Gasteiger charge is -2.46. The fraction of sp³-hybridized carbons (Fsp3) is 0.481. The second kappa shape index (κ2) is 11.9. The maximum Gasteiger partial charge on any atom is 0.406 e. The first-order chi connectivity index (χ1) is 17.9. The fourth-order valence-electron chi connectivity index (χ4n) is 5.29. The van der Waals surface area contributed by atoms with E-state index in [1.165, 1.54) is 6.07 Å². The summed E-state index contributed by atoms with van der Waals surface area (Å²) in [7, 11) is 0. The number of nitrogens with one attached hydrogen (secondary N) is 3. The second-order valence-electron chi connectivity index (χ2n) is 10.8. The third-order valence-corrected chi connectivity index (χ3v) is 6.86. The maximum absolute atomic E-state index is 13.2. The highest BCUT2D eigenvalue weighted by molar-refractivity contribution is 6.04. The molecule has 1 aliphatic rings. The van der Waals surface area contributed by atoms with Gasteiger partial charge in [0.25, 0.3) is 11.5 Å². The van der Waals surface area contributed by atoms with E-state index in [-0.39, 0.29) is 29.9 Å². The van der Waals surface area contributed by atoms with Gasteiger partial charge in [0.05, 0.1) is 11.4 Å². The molecule has 8 nitrogen and oxygen atoms in total. The molecule has 1 fully saturated rings. The van der Waals surface area contributed by atoms with Crippen LogP contribution in [0.5, 0.6) is 0 Å². The van der Waals surface area contributed by atoms with Gasteiger partial charge in [0, 0.05) is 23.8 Å². The van der Waals surface area contributed by atoms with Crippen molar-refractivity contribution < 1.29 is 18.0 Å². The summed E-state index contributed by atoms with van der Waals surface area (Å²) < 4.78 is 40.1. The number of hydrogen-bond donors (Lipinski definition) is 3. The number of aromatic amines is 1. The third-order valence-electron chi connectivity index (χ3n) is 6.86. The van der Waals surface area contributed by atoms with Crippen LogP contribution in [-0.2, 0) is 18.5 Å². The number of alkyl halides is 3. The standard InChI is InChI=1S/C27H33F3N6O2.ClH/c1-16(2)12-31-13-19-8-22(25(38)36(14-19)15-27(28,29)30)24(37)32-21-7-5-6-20(9-21)26(10-17(3)11-26)23-18(4)33-35-34-23;/h5-9,14,16-17,31H,10-13,15H2,1-4H3,(H,32,37)(H,33,34,35);1H. The van der Waals surface area contributed by atoms with Crippen LogP contribution in [0.3, 0.4) is 0 Å². The van der Waals surface area contributed by atoms with Gasteiger partial charge >= 0.3 is 6.18 Å². The molecule has 1 amide bonds. The average Bonchev–Trinajstić information content (AvgIpc) is 3.23. The monoisotopic (exact) mass is 566 g/mol. The Balaban J connectivity index is 0.00000420. The highest BCUT2D eigenvalue weighted by Gasteiger charge is 2.47. The van der Waals surface area contributed by atoms with Crippen molar-refractivity contribution in [1.29, 1.82) is 0 Å². The highest BCUT2D eigenvalue weighted by Crippen LogP contribution is 2.52. The van der Waals surface area contributed by atoms with Gasteiger partial charge in [-0.1, -0.05) is 38.1 Å². The van der Waals surface area contributed by atoms with Crippen molar-refractivity contribution in [1.82, 2.24) is 25.3 Å². The molecule has 39 heavy (non-hydrogen) atoms. The van der Waals surface area contributed by atoms with E-state index in [0.717, 1.165) is 36.0 Å². The molecule has 4 rings (SSSR count). The zero-order valence-electron chi connectivity index (χ0n) is 22.4. The fourth-order valence-corrected chi connectivity index (χ4v) is 5.29. The van der Waals surface area contributed by atoms with E-state index in [0.29, 0.717) is 34.2 Å². The van der Waals surface area contributed by atoms with Crippen LogP contribution in [0.25, 0.3) is 0 Å². The summed E-state index contributed by atoms with van der Waals surface area (Å²) in [5.41, 5.74) is 1.85. The smallest absolute Gasteiger partial charge is 0.322 e. The lowest BCUT2D eigenvalue weighted by Crippen LogP contribution is -2.42. The van der Waals surface area contributed by atoms with Crippen molar-refractivity contribution in [2.24, 2.45) is 11.8 Å². The Morgan fingerprint density at radius 1 is 1.26 bits per heavy atom. The zero-order valence-corrected chi connectivity index (χ0v) is 23.2. The van der Waals surface area contributed by atoms with Gasteiger partial charge in [0.1, 0.15) is 12.1 Å². The van der Waals surface area contributed by atoms with Gasteiger partial charge in [-0.3, -0.25) is 14.7 Å². The maximum atomic E-state index is 13.2. The minimum atomic E-state index is -4.61. The Morgan fingerprint density at radius 3 is 2.56 bits per heavy atom.